The highest BCUT2D eigenvalue weighted by Crippen LogP contribution is 2.20. The number of carboxylic acid groups (broad SMARTS) is 1. The molecule has 0 unspecified atom stereocenters. The Morgan fingerprint density at radius 3 is 2.32 bits per heavy atom. The lowest BCUT2D eigenvalue weighted by atomic mass is 10.1. The highest BCUT2D eigenvalue weighted by molar-refractivity contribution is 6.31. The number of carboxylic acids is 1. The van der Waals surface area contributed by atoms with E-state index in [1.54, 1.807) is 42.5 Å². The molecule has 0 saturated heterocycles. The molecule has 2 aromatic carbocycles. The van der Waals surface area contributed by atoms with E-state index in [-0.39, 0.29) is 6.61 Å². The monoisotopic (exact) mass is 403 g/mol. The predicted molar refractivity (Wildman–Crippen MR) is 104 cm³/mol. The lowest BCUT2D eigenvalue weighted by Gasteiger charge is -2.09. The molecule has 2 aromatic rings. The van der Waals surface area contributed by atoms with Gasteiger partial charge in [0.05, 0.1) is 11.7 Å². The number of halogens is 1. The van der Waals surface area contributed by atoms with Gasteiger partial charge >= 0.3 is 0 Å². The average molecular weight is 404 g/mol. The Balaban J connectivity index is 1.91. The summed E-state index contributed by atoms with van der Waals surface area (Å²) in [5.41, 5.74) is 4.75. The molecular formula is C20H20ClN2O5-. The third-order valence-corrected chi connectivity index (χ3v) is 4.12. The summed E-state index contributed by atoms with van der Waals surface area (Å²) in [4.78, 5) is 22.4. The minimum absolute atomic E-state index is 0.183. The first-order chi connectivity index (χ1) is 13.4. The van der Waals surface area contributed by atoms with Crippen LogP contribution in [0.25, 0.3) is 0 Å². The minimum atomic E-state index is -1.29. The van der Waals surface area contributed by atoms with Gasteiger partial charge in [-0.2, -0.15) is 5.10 Å². The third-order valence-electron chi connectivity index (χ3n) is 3.69. The number of benzene rings is 2. The van der Waals surface area contributed by atoms with E-state index in [4.69, 9.17) is 21.1 Å². The van der Waals surface area contributed by atoms with E-state index in [0.29, 0.717) is 28.7 Å². The number of rotatable bonds is 9. The Morgan fingerprint density at radius 1 is 1.07 bits per heavy atom. The highest BCUT2D eigenvalue weighted by Gasteiger charge is 2.06. The van der Waals surface area contributed by atoms with Gasteiger partial charge in [-0.3, -0.25) is 4.79 Å². The van der Waals surface area contributed by atoms with Gasteiger partial charge in [0.25, 0.3) is 5.91 Å². The highest BCUT2D eigenvalue weighted by atomic mass is 35.5. The summed E-state index contributed by atoms with van der Waals surface area (Å²) in [5, 5.41) is 15.2. The van der Waals surface area contributed by atoms with E-state index in [1.165, 1.54) is 0 Å². The van der Waals surface area contributed by atoms with Crippen molar-refractivity contribution >= 4 is 29.2 Å². The number of nitrogens with one attached hydrogen (secondary N) is 1. The number of carbonyl (C=O) groups excluding carboxylic acids is 2. The normalized spacial score (nSPS) is 11.0. The van der Waals surface area contributed by atoms with Gasteiger partial charge in [0, 0.05) is 5.02 Å². The Hall–Kier alpha value is -3.06. The van der Waals surface area contributed by atoms with E-state index < -0.39 is 18.5 Å². The molecule has 0 aliphatic heterocycles. The van der Waals surface area contributed by atoms with Crippen LogP contribution < -0.4 is 20.0 Å². The van der Waals surface area contributed by atoms with E-state index in [9.17, 15) is 14.7 Å². The molecule has 0 fully saturated rings. The van der Waals surface area contributed by atoms with Gasteiger partial charge < -0.3 is 19.4 Å². The summed E-state index contributed by atoms with van der Waals surface area (Å²) in [6, 6.07) is 11.8. The molecular weight excluding hydrogens is 384 g/mol. The summed E-state index contributed by atoms with van der Waals surface area (Å²) in [5.74, 6) is -0.742. The van der Waals surface area contributed by atoms with Crippen LogP contribution in [0.3, 0.4) is 0 Å². The van der Waals surface area contributed by atoms with Crippen molar-refractivity contribution in [3.8, 4) is 11.5 Å². The molecule has 0 aromatic heterocycles. The van der Waals surface area contributed by atoms with Crippen LogP contribution in [-0.4, -0.2) is 30.8 Å². The number of hydrogen-bond acceptors (Lipinski definition) is 6. The second kappa shape index (κ2) is 10.3. The van der Waals surface area contributed by atoms with Crippen LogP contribution in [0.4, 0.5) is 0 Å². The van der Waals surface area contributed by atoms with E-state index >= 15 is 0 Å². The van der Waals surface area contributed by atoms with Crippen LogP contribution in [0, 0.1) is 6.92 Å². The number of amides is 1. The smallest absolute Gasteiger partial charge is 0.277 e. The molecule has 0 aliphatic carbocycles. The van der Waals surface area contributed by atoms with Crippen molar-refractivity contribution in [2.45, 2.75) is 20.3 Å². The second-order valence-corrected chi connectivity index (χ2v) is 6.24. The lowest BCUT2D eigenvalue weighted by Crippen LogP contribution is -2.28. The zero-order valence-corrected chi connectivity index (χ0v) is 16.3. The number of ether oxygens (including phenoxy) is 2. The summed E-state index contributed by atoms with van der Waals surface area (Å²) in [7, 11) is 0. The first-order valence-corrected chi connectivity index (χ1v) is 8.94. The van der Waals surface area contributed by atoms with E-state index in [0.717, 1.165) is 11.1 Å². The number of aryl methyl sites for hydroxylation is 1. The number of aliphatic carboxylic acids is 1. The van der Waals surface area contributed by atoms with Crippen LogP contribution in [0.5, 0.6) is 11.5 Å². The molecule has 0 spiro atoms. The van der Waals surface area contributed by atoms with Crippen molar-refractivity contribution in [1.29, 1.82) is 0 Å². The van der Waals surface area contributed by atoms with Crippen LogP contribution in [-0.2, 0) is 9.59 Å². The first-order valence-electron chi connectivity index (χ1n) is 8.56. The molecule has 1 amide bonds. The van der Waals surface area contributed by atoms with Crippen molar-refractivity contribution in [3.63, 3.8) is 0 Å². The van der Waals surface area contributed by atoms with Crippen molar-refractivity contribution in [3.05, 3.63) is 58.6 Å². The number of hydrogen-bond donors (Lipinski definition) is 1. The van der Waals surface area contributed by atoms with Gasteiger partial charge in [0.15, 0.2) is 6.61 Å². The molecule has 0 aliphatic rings. The summed E-state index contributed by atoms with van der Waals surface area (Å²) in [6.07, 6.45) is 0.580. The van der Waals surface area contributed by atoms with Gasteiger partial charge in [-0.1, -0.05) is 18.5 Å². The number of carbonyl (C=O) groups is 2. The fraction of sp³-hybridized carbons (Fsp3) is 0.250. The lowest BCUT2D eigenvalue weighted by molar-refractivity contribution is -0.307. The van der Waals surface area contributed by atoms with Gasteiger partial charge in [0.1, 0.15) is 18.1 Å². The van der Waals surface area contributed by atoms with Crippen LogP contribution in [0.15, 0.2) is 47.6 Å². The summed E-state index contributed by atoms with van der Waals surface area (Å²) >= 11 is 5.95. The zero-order chi connectivity index (χ0) is 20.5. The fourth-order valence-electron chi connectivity index (χ4n) is 2.25. The maximum Gasteiger partial charge on any atom is 0.277 e. The van der Waals surface area contributed by atoms with Gasteiger partial charge in [0.2, 0.25) is 0 Å². The maximum absolute atomic E-state index is 12.0. The first kappa shape index (κ1) is 21.2. The molecule has 0 heterocycles. The summed E-state index contributed by atoms with van der Waals surface area (Å²) in [6.45, 7) is 3.05. The standard InChI is InChI=1S/C20H21ClN2O5/c1-3-18(14-4-6-15(7-5-14)28-12-20(25)26)22-23-19(24)11-27-16-8-9-17(21)13(2)10-16/h4-10H,3,11-12H2,1-2H3,(H,23,24)(H,25,26)/p-1/b22-18-. The van der Waals surface area contributed by atoms with Gasteiger partial charge in [-0.05, 0) is 66.9 Å². The minimum Gasteiger partial charge on any atom is -0.546 e. The topological polar surface area (TPSA) is 100 Å². The number of nitrogens with zero attached hydrogens (tertiary/aromatic N) is 1. The Labute approximate surface area is 167 Å². The van der Waals surface area contributed by atoms with E-state index in [1.807, 2.05) is 13.8 Å². The Kier molecular flexibility index (Phi) is 7.83. The van der Waals surface area contributed by atoms with Crippen molar-refractivity contribution in [2.75, 3.05) is 13.2 Å². The molecule has 0 bridgehead atoms. The molecule has 1 N–H and O–H groups in total. The van der Waals surface area contributed by atoms with Crippen molar-refractivity contribution < 1.29 is 24.2 Å². The SMILES string of the molecule is CC/C(=N/NC(=O)COc1ccc(Cl)c(C)c1)c1ccc(OCC(=O)[O-])cc1. The average Bonchev–Trinajstić information content (AvgIpc) is 2.68. The Bertz CT molecular complexity index is 865. The molecule has 148 valence electrons. The van der Waals surface area contributed by atoms with Crippen molar-refractivity contribution in [1.82, 2.24) is 5.43 Å². The quantitative estimate of drug-likeness (QED) is 0.510. The summed E-state index contributed by atoms with van der Waals surface area (Å²) < 4.78 is 10.5. The molecule has 0 atom stereocenters. The third kappa shape index (κ3) is 6.59. The van der Waals surface area contributed by atoms with Crippen LogP contribution >= 0.6 is 11.6 Å². The molecule has 0 saturated carbocycles. The molecule has 0 radical (unpaired) electrons. The van der Waals surface area contributed by atoms with Gasteiger partial charge in [-0.25, -0.2) is 5.43 Å². The predicted octanol–water partition coefficient (Wildman–Crippen LogP) is 2.09. The molecule has 2 rings (SSSR count). The van der Waals surface area contributed by atoms with Crippen LogP contribution in [0.1, 0.15) is 24.5 Å². The van der Waals surface area contributed by atoms with Gasteiger partial charge in [-0.15, -0.1) is 0 Å². The second-order valence-electron chi connectivity index (χ2n) is 5.83. The van der Waals surface area contributed by atoms with E-state index in [2.05, 4.69) is 10.5 Å². The largest absolute Gasteiger partial charge is 0.546 e. The Morgan fingerprint density at radius 2 is 1.71 bits per heavy atom. The molecule has 7 nitrogen and oxygen atoms in total. The van der Waals surface area contributed by atoms with Crippen LogP contribution in [0.2, 0.25) is 5.02 Å². The molecule has 8 heteroatoms. The number of hydrazone groups is 1. The van der Waals surface area contributed by atoms with Crippen molar-refractivity contribution in [2.24, 2.45) is 5.10 Å². The molecule has 28 heavy (non-hydrogen) atoms. The zero-order valence-electron chi connectivity index (χ0n) is 15.5. The fourth-order valence-corrected chi connectivity index (χ4v) is 2.37. The maximum atomic E-state index is 12.0.